The number of hydrogen-bond donors (Lipinski definition) is 0. The number of benzene rings is 2. The van der Waals surface area contributed by atoms with Gasteiger partial charge in [0.25, 0.3) is 0 Å². The minimum atomic E-state index is -0.707. The van der Waals surface area contributed by atoms with Gasteiger partial charge < -0.3 is 4.74 Å². The lowest BCUT2D eigenvalue weighted by atomic mass is 10.1. The van der Waals surface area contributed by atoms with Crippen molar-refractivity contribution >= 4 is 15.9 Å². The van der Waals surface area contributed by atoms with E-state index in [1.54, 1.807) is 0 Å². The van der Waals surface area contributed by atoms with Crippen LogP contribution in [0.5, 0.6) is 5.75 Å². The Labute approximate surface area is 181 Å². The molecule has 152 valence electrons. The molecule has 0 spiro atoms. The Morgan fingerprint density at radius 1 is 0.828 bits per heavy atom. The zero-order valence-electron chi connectivity index (χ0n) is 16.7. The van der Waals surface area contributed by atoms with Gasteiger partial charge in [-0.15, -0.1) is 0 Å². The van der Waals surface area contributed by atoms with Gasteiger partial charge in [-0.1, -0.05) is 78.6 Å². The Morgan fingerprint density at radius 3 is 2.10 bits per heavy atom. The van der Waals surface area contributed by atoms with Crippen molar-refractivity contribution in [2.24, 2.45) is 0 Å². The Hall–Kier alpha value is -2.30. The third kappa shape index (κ3) is 8.30. The molecule has 4 heteroatoms. The van der Waals surface area contributed by atoms with Crippen LogP contribution in [0.3, 0.4) is 0 Å². The van der Waals surface area contributed by atoms with E-state index in [2.05, 4.69) is 46.5 Å². The van der Waals surface area contributed by atoms with E-state index in [0.717, 1.165) is 17.7 Å². The fraction of sp³-hybridized carbons (Fsp3) is 0.360. The molecule has 2 aromatic carbocycles. The first kappa shape index (κ1) is 23.0. The summed E-state index contributed by atoms with van der Waals surface area (Å²) in [6.07, 6.45) is 7.36. The van der Waals surface area contributed by atoms with Crippen LogP contribution < -0.4 is 4.74 Å². The topological polar surface area (TPSA) is 9.23 Å². The predicted octanol–water partition coefficient (Wildman–Crippen LogP) is 6.85. The molecule has 2 aromatic rings. The Balaban J connectivity index is 1.90. The van der Waals surface area contributed by atoms with Gasteiger partial charge in [0.2, 0.25) is 0 Å². The standard InChI is InChI=1S/C25H25BrF2O/c1-2-3-4-5-6-7-17-29-22-14-12-20(13-15-22)10-11-21-18-24(27)23(9-8-16-26)25(28)19-21/h12-15,18-19H,2-7,16-17H2,1H3. The van der Waals surface area contributed by atoms with E-state index in [0.29, 0.717) is 11.9 Å². The average molecular weight is 459 g/mol. The van der Waals surface area contributed by atoms with Crippen molar-refractivity contribution in [2.45, 2.75) is 45.4 Å². The number of halogens is 3. The molecule has 1 nitrogen and oxygen atoms in total. The van der Waals surface area contributed by atoms with Gasteiger partial charge in [-0.3, -0.25) is 0 Å². The van der Waals surface area contributed by atoms with E-state index < -0.39 is 11.6 Å². The Morgan fingerprint density at radius 2 is 1.45 bits per heavy atom. The maximum Gasteiger partial charge on any atom is 0.143 e. The summed E-state index contributed by atoms with van der Waals surface area (Å²) in [5.41, 5.74) is 0.788. The van der Waals surface area contributed by atoms with Crippen LogP contribution in [0.1, 0.15) is 62.1 Å². The Kier molecular flexibility index (Phi) is 10.3. The number of ether oxygens (including phenoxy) is 1. The van der Waals surface area contributed by atoms with Crippen molar-refractivity contribution in [3.05, 3.63) is 64.7 Å². The minimum absolute atomic E-state index is 0.234. The molecule has 0 bridgehead atoms. The first-order valence-electron chi connectivity index (χ1n) is 9.92. The van der Waals surface area contributed by atoms with E-state index >= 15 is 0 Å². The number of rotatable bonds is 8. The van der Waals surface area contributed by atoms with Crippen LogP contribution in [-0.4, -0.2) is 11.9 Å². The average Bonchev–Trinajstić information content (AvgIpc) is 2.72. The third-order valence-corrected chi connectivity index (χ3v) is 4.57. The lowest BCUT2D eigenvalue weighted by Crippen LogP contribution is -1.97. The highest BCUT2D eigenvalue weighted by atomic mass is 79.9. The van der Waals surface area contributed by atoms with Crippen molar-refractivity contribution in [2.75, 3.05) is 11.9 Å². The molecule has 29 heavy (non-hydrogen) atoms. The molecule has 0 aliphatic rings. The lowest BCUT2D eigenvalue weighted by molar-refractivity contribution is 0.304. The van der Waals surface area contributed by atoms with Crippen molar-refractivity contribution in [1.82, 2.24) is 0 Å². The zero-order chi connectivity index (χ0) is 20.9. The molecular formula is C25H25BrF2O. The van der Waals surface area contributed by atoms with E-state index in [1.165, 1.54) is 44.2 Å². The van der Waals surface area contributed by atoms with Gasteiger partial charge in [0.15, 0.2) is 0 Å². The molecule has 0 aromatic heterocycles. The van der Waals surface area contributed by atoms with Crippen molar-refractivity contribution < 1.29 is 13.5 Å². The minimum Gasteiger partial charge on any atom is -0.494 e. The molecule has 0 unspecified atom stereocenters. The summed E-state index contributed by atoms with van der Waals surface area (Å²) in [4.78, 5) is 0. The maximum atomic E-state index is 14.0. The SMILES string of the molecule is CCCCCCCCOc1ccc(C#Cc2cc(F)c(C#CCBr)c(F)c2)cc1. The maximum absolute atomic E-state index is 14.0. The van der Waals surface area contributed by atoms with Gasteiger partial charge in [0, 0.05) is 11.1 Å². The molecule has 0 fully saturated rings. The van der Waals surface area contributed by atoms with E-state index in [-0.39, 0.29) is 11.1 Å². The number of alkyl halides is 1. The molecule has 0 radical (unpaired) electrons. The third-order valence-electron chi connectivity index (χ3n) is 4.29. The van der Waals surface area contributed by atoms with Crippen LogP contribution >= 0.6 is 15.9 Å². The van der Waals surface area contributed by atoms with E-state index in [1.807, 2.05) is 24.3 Å². The lowest BCUT2D eigenvalue weighted by Gasteiger charge is -2.06. The Bertz CT molecular complexity index is 875. The molecule has 0 saturated heterocycles. The zero-order valence-corrected chi connectivity index (χ0v) is 18.2. The molecule has 0 aliphatic carbocycles. The van der Waals surface area contributed by atoms with Gasteiger partial charge >= 0.3 is 0 Å². The second-order valence-corrected chi connectivity index (χ2v) is 7.20. The summed E-state index contributed by atoms with van der Waals surface area (Å²) >= 11 is 3.11. The summed E-state index contributed by atoms with van der Waals surface area (Å²) < 4.78 is 33.8. The highest BCUT2D eigenvalue weighted by Gasteiger charge is 2.08. The second kappa shape index (κ2) is 13.0. The smallest absolute Gasteiger partial charge is 0.143 e. The quantitative estimate of drug-likeness (QED) is 0.238. The van der Waals surface area contributed by atoms with Gasteiger partial charge in [0.05, 0.1) is 17.5 Å². The molecule has 0 aliphatic heterocycles. The first-order chi connectivity index (χ1) is 14.1. The normalized spacial score (nSPS) is 9.93. The van der Waals surface area contributed by atoms with Gasteiger partial charge in [-0.25, -0.2) is 8.78 Å². The van der Waals surface area contributed by atoms with E-state index in [9.17, 15) is 8.78 Å². The van der Waals surface area contributed by atoms with Gasteiger partial charge in [0.1, 0.15) is 17.4 Å². The van der Waals surface area contributed by atoms with Crippen LogP contribution in [0, 0.1) is 35.3 Å². The van der Waals surface area contributed by atoms with Crippen LogP contribution in [0.25, 0.3) is 0 Å². The van der Waals surface area contributed by atoms with Crippen LogP contribution in [0.15, 0.2) is 36.4 Å². The second-order valence-electron chi connectivity index (χ2n) is 6.64. The largest absolute Gasteiger partial charge is 0.494 e. The molecule has 0 amide bonds. The molecule has 0 atom stereocenters. The van der Waals surface area contributed by atoms with Gasteiger partial charge in [-0.2, -0.15) is 0 Å². The summed E-state index contributed by atoms with van der Waals surface area (Å²) in [7, 11) is 0. The molecular weight excluding hydrogens is 434 g/mol. The van der Waals surface area contributed by atoms with Crippen molar-refractivity contribution in [3.63, 3.8) is 0 Å². The summed E-state index contributed by atoms with van der Waals surface area (Å²) in [6.45, 7) is 2.92. The summed E-state index contributed by atoms with van der Waals surface area (Å²) in [5, 5.41) is 0.353. The van der Waals surface area contributed by atoms with Crippen LogP contribution in [-0.2, 0) is 0 Å². The molecule has 0 saturated carbocycles. The predicted molar refractivity (Wildman–Crippen MR) is 118 cm³/mol. The molecule has 2 rings (SSSR count). The highest BCUT2D eigenvalue weighted by Crippen LogP contribution is 2.15. The summed E-state index contributed by atoms with van der Waals surface area (Å²) in [5.74, 6) is 10.2. The highest BCUT2D eigenvalue weighted by molar-refractivity contribution is 9.09. The van der Waals surface area contributed by atoms with Crippen molar-refractivity contribution in [1.29, 1.82) is 0 Å². The fourth-order valence-corrected chi connectivity index (χ4v) is 2.88. The number of unbranched alkanes of at least 4 members (excludes halogenated alkanes) is 5. The van der Waals surface area contributed by atoms with Crippen LogP contribution in [0.4, 0.5) is 8.78 Å². The monoisotopic (exact) mass is 458 g/mol. The molecule has 0 N–H and O–H groups in total. The fourth-order valence-electron chi connectivity index (χ4n) is 2.74. The van der Waals surface area contributed by atoms with Crippen LogP contribution in [0.2, 0.25) is 0 Å². The first-order valence-corrected chi connectivity index (χ1v) is 11.0. The van der Waals surface area contributed by atoms with Crippen molar-refractivity contribution in [3.8, 4) is 29.4 Å². The molecule has 0 heterocycles. The van der Waals surface area contributed by atoms with Gasteiger partial charge in [-0.05, 0) is 42.8 Å². The number of hydrogen-bond acceptors (Lipinski definition) is 1. The summed E-state index contributed by atoms with van der Waals surface area (Å²) in [6, 6.07) is 9.80. The van der Waals surface area contributed by atoms with E-state index in [4.69, 9.17) is 4.74 Å².